The van der Waals surface area contributed by atoms with Crippen molar-refractivity contribution in [2.24, 2.45) is 0 Å². The number of nitrogens with one attached hydrogen (secondary N) is 1. The number of anilines is 1. The number of aromatic carboxylic acids is 1. The van der Waals surface area contributed by atoms with Crippen LogP contribution in [0.15, 0.2) is 36.8 Å². The number of aromatic nitrogens is 3. The number of carboxylic acid groups (broad SMARTS) is 1. The molecule has 0 aliphatic carbocycles. The lowest BCUT2D eigenvalue weighted by Gasteiger charge is -2.12. The van der Waals surface area contributed by atoms with Crippen LogP contribution in [0, 0.1) is 0 Å². The third-order valence-corrected chi connectivity index (χ3v) is 2.55. The topological polar surface area (TPSA) is 97.1 Å². The molecule has 19 heavy (non-hydrogen) atoms. The van der Waals surface area contributed by atoms with Crippen molar-refractivity contribution < 1.29 is 14.7 Å². The Hall–Kier alpha value is -2.70. The molecule has 0 aromatic carbocycles. The summed E-state index contributed by atoms with van der Waals surface area (Å²) in [7, 11) is 0. The molecule has 0 aliphatic rings. The van der Waals surface area contributed by atoms with Crippen molar-refractivity contribution in [1.29, 1.82) is 0 Å². The first-order valence-corrected chi connectivity index (χ1v) is 5.57. The molecule has 0 aliphatic heterocycles. The summed E-state index contributed by atoms with van der Waals surface area (Å²) >= 11 is 0. The van der Waals surface area contributed by atoms with Crippen LogP contribution in [0.1, 0.15) is 23.5 Å². The number of carbonyl (C=O) groups excluding carboxylic acids is 1. The van der Waals surface area contributed by atoms with Crippen LogP contribution < -0.4 is 5.32 Å². The zero-order valence-corrected chi connectivity index (χ0v) is 10.1. The van der Waals surface area contributed by atoms with E-state index in [4.69, 9.17) is 5.11 Å². The summed E-state index contributed by atoms with van der Waals surface area (Å²) in [5.41, 5.74) is 0.529. The van der Waals surface area contributed by atoms with Crippen LogP contribution >= 0.6 is 0 Å². The molecule has 98 valence electrons. The van der Waals surface area contributed by atoms with E-state index in [9.17, 15) is 9.59 Å². The second-order valence-electron chi connectivity index (χ2n) is 3.89. The molecule has 0 saturated heterocycles. The van der Waals surface area contributed by atoms with Gasteiger partial charge in [-0.1, -0.05) is 0 Å². The smallest absolute Gasteiger partial charge is 0.356 e. The first-order chi connectivity index (χ1) is 9.08. The minimum absolute atomic E-state index is 0.0939. The van der Waals surface area contributed by atoms with Crippen molar-refractivity contribution in [2.75, 3.05) is 5.32 Å². The Morgan fingerprint density at radius 2 is 2.00 bits per heavy atom. The fraction of sp³-hybridized carbons (Fsp3) is 0.167. The molecule has 1 amide bonds. The highest BCUT2D eigenvalue weighted by Gasteiger charge is 2.17. The maximum absolute atomic E-state index is 12.0. The van der Waals surface area contributed by atoms with Crippen LogP contribution in [-0.2, 0) is 4.79 Å². The summed E-state index contributed by atoms with van der Waals surface area (Å²) in [5.74, 6) is -1.41. The number of amides is 1. The molecule has 2 aromatic heterocycles. The first kappa shape index (κ1) is 12.7. The second kappa shape index (κ2) is 5.30. The molecule has 1 atom stereocenters. The number of carbonyl (C=O) groups is 2. The van der Waals surface area contributed by atoms with Gasteiger partial charge in [0.2, 0.25) is 5.91 Å². The maximum atomic E-state index is 12.0. The molecule has 7 nitrogen and oxygen atoms in total. The van der Waals surface area contributed by atoms with E-state index in [-0.39, 0.29) is 11.6 Å². The molecule has 0 radical (unpaired) electrons. The molecular weight excluding hydrogens is 248 g/mol. The highest BCUT2D eigenvalue weighted by molar-refractivity contribution is 5.93. The van der Waals surface area contributed by atoms with E-state index >= 15 is 0 Å². The van der Waals surface area contributed by atoms with Crippen molar-refractivity contribution in [2.45, 2.75) is 13.0 Å². The lowest BCUT2D eigenvalue weighted by Crippen LogP contribution is -2.24. The number of hydrogen-bond donors (Lipinski definition) is 2. The van der Waals surface area contributed by atoms with Gasteiger partial charge in [-0.2, -0.15) is 5.10 Å². The minimum atomic E-state index is -1.12. The van der Waals surface area contributed by atoms with Crippen LogP contribution in [0.25, 0.3) is 0 Å². The number of pyridine rings is 1. The maximum Gasteiger partial charge on any atom is 0.356 e. The van der Waals surface area contributed by atoms with E-state index in [1.807, 2.05) is 0 Å². The van der Waals surface area contributed by atoms with Gasteiger partial charge < -0.3 is 10.4 Å². The molecule has 0 saturated carbocycles. The van der Waals surface area contributed by atoms with Crippen molar-refractivity contribution in [1.82, 2.24) is 14.8 Å². The number of hydrogen-bond acceptors (Lipinski definition) is 4. The third-order valence-electron chi connectivity index (χ3n) is 2.55. The van der Waals surface area contributed by atoms with E-state index in [2.05, 4.69) is 15.4 Å². The van der Waals surface area contributed by atoms with Gasteiger partial charge in [0.15, 0.2) is 5.69 Å². The predicted molar refractivity (Wildman–Crippen MR) is 66.8 cm³/mol. The van der Waals surface area contributed by atoms with Crippen LogP contribution in [0.2, 0.25) is 0 Å². The molecule has 0 bridgehead atoms. The van der Waals surface area contributed by atoms with Gasteiger partial charge in [0.25, 0.3) is 0 Å². The van der Waals surface area contributed by atoms with Crippen molar-refractivity contribution in [3.05, 3.63) is 42.5 Å². The first-order valence-electron chi connectivity index (χ1n) is 5.57. The highest BCUT2D eigenvalue weighted by atomic mass is 16.4. The Morgan fingerprint density at radius 1 is 1.32 bits per heavy atom. The predicted octanol–water partition coefficient (Wildman–Crippen LogP) is 1.18. The normalized spacial score (nSPS) is 11.8. The monoisotopic (exact) mass is 260 g/mol. The van der Waals surface area contributed by atoms with Crippen molar-refractivity contribution in [3.8, 4) is 0 Å². The molecule has 0 spiro atoms. The molecule has 2 N–H and O–H groups in total. The average Bonchev–Trinajstić information content (AvgIpc) is 2.88. The lowest BCUT2D eigenvalue weighted by atomic mass is 10.3. The van der Waals surface area contributed by atoms with Gasteiger partial charge in [0.1, 0.15) is 6.04 Å². The van der Waals surface area contributed by atoms with Crippen LogP contribution in [0.3, 0.4) is 0 Å². The summed E-state index contributed by atoms with van der Waals surface area (Å²) in [4.78, 5) is 26.5. The van der Waals surface area contributed by atoms with Gasteiger partial charge in [-0.15, -0.1) is 0 Å². The quantitative estimate of drug-likeness (QED) is 0.860. The zero-order chi connectivity index (χ0) is 13.8. The largest absolute Gasteiger partial charge is 0.476 e. The fourth-order valence-corrected chi connectivity index (χ4v) is 1.47. The van der Waals surface area contributed by atoms with E-state index in [1.165, 1.54) is 16.9 Å². The van der Waals surface area contributed by atoms with E-state index in [0.717, 1.165) is 0 Å². The lowest BCUT2D eigenvalue weighted by molar-refractivity contribution is -0.119. The average molecular weight is 260 g/mol. The minimum Gasteiger partial charge on any atom is -0.476 e. The van der Waals surface area contributed by atoms with Crippen LogP contribution in [0.5, 0.6) is 0 Å². The molecule has 2 aromatic rings. The molecular formula is C12H12N4O3. The zero-order valence-electron chi connectivity index (χ0n) is 10.1. The molecule has 2 rings (SSSR count). The summed E-state index contributed by atoms with van der Waals surface area (Å²) in [6, 6.07) is 4.06. The molecule has 2 heterocycles. The van der Waals surface area contributed by atoms with Crippen LogP contribution in [-0.4, -0.2) is 31.7 Å². The van der Waals surface area contributed by atoms with Gasteiger partial charge in [0, 0.05) is 24.3 Å². The fourth-order valence-electron chi connectivity index (χ4n) is 1.47. The summed E-state index contributed by atoms with van der Waals surface area (Å²) in [6.07, 6.45) is 4.59. The summed E-state index contributed by atoms with van der Waals surface area (Å²) < 4.78 is 1.31. The van der Waals surface area contributed by atoms with E-state index in [0.29, 0.717) is 5.69 Å². The summed E-state index contributed by atoms with van der Waals surface area (Å²) in [5, 5.41) is 15.3. The van der Waals surface area contributed by atoms with Gasteiger partial charge in [-0.05, 0) is 25.1 Å². The Balaban J connectivity index is 2.08. The molecule has 7 heteroatoms. The Labute approximate surface area is 108 Å². The standard InChI is InChI=1S/C12H12N4O3/c1-8(16-7-4-10(15-16)12(18)19)11(17)14-9-2-5-13-6-3-9/h2-8H,1H3,(H,18,19)(H,13,14,17). The van der Waals surface area contributed by atoms with Gasteiger partial charge in [-0.25, -0.2) is 4.79 Å². The SMILES string of the molecule is CC(C(=O)Nc1ccncc1)n1ccc(C(=O)O)n1. The highest BCUT2D eigenvalue weighted by Crippen LogP contribution is 2.10. The van der Waals surface area contributed by atoms with E-state index in [1.54, 1.807) is 31.5 Å². The van der Waals surface area contributed by atoms with E-state index < -0.39 is 12.0 Å². The Morgan fingerprint density at radius 3 is 2.58 bits per heavy atom. The third kappa shape index (κ3) is 2.95. The number of nitrogens with zero attached hydrogens (tertiary/aromatic N) is 3. The van der Waals surface area contributed by atoms with Crippen molar-refractivity contribution >= 4 is 17.6 Å². The van der Waals surface area contributed by atoms with Gasteiger partial charge >= 0.3 is 5.97 Å². The number of carboxylic acids is 1. The molecule has 0 fully saturated rings. The Kier molecular flexibility index (Phi) is 3.56. The van der Waals surface area contributed by atoms with Gasteiger partial charge in [0.05, 0.1) is 0 Å². The summed E-state index contributed by atoms with van der Waals surface area (Å²) in [6.45, 7) is 1.63. The Bertz CT molecular complexity index is 594. The van der Waals surface area contributed by atoms with Crippen molar-refractivity contribution in [3.63, 3.8) is 0 Å². The van der Waals surface area contributed by atoms with Crippen LogP contribution in [0.4, 0.5) is 5.69 Å². The van der Waals surface area contributed by atoms with Gasteiger partial charge in [-0.3, -0.25) is 14.5 Å². The molecule has 1 unspecified atom stereocenters. The number of rotatable bonds is 4. The second-order valence-corrected chi connectivity index (χ2v) is 3.89.